The third-order valence-electron chi connectivity index (χ3n) is 3.55. The summed E-state index contributed by atoms with van der Waals surface area (Å²) in [5.41, 5.74) is -1.27. The Morgan fingerprint density at radius 2 is 1.83 bits per heavy atom. The lowest BCUT2D eigenvalue weighted by Crippen LogP contribution is -2.65. The number of rotatable bonds is 4. The van der Waals surface area contributed by atoms with E-state index in [1.54, 1.807) is 19.1 Å². The zero-order valence-electron chi connectivity index (χ0n) is 12.6. The molecule has 1 aliphatic heterocycles. The smallest absolute Gasteiger partial charge is 0.407 e. The number of urea groups is 1. The monoisotopic (exact) mass is 320 g/mol. The quantitative estimate of drug-likeness (QED) is 0.682. The van der Waals surface area contributed by atoms with Gasteiger partial charge < -0.3 is 10.1 Å². The van der Waals surface area contributed by atoms with E-state index in [2.05, 4.69) is 10.3 Å². The third kappa shape index (κ3) is 3.12. The number of nitrogens with zero attached hydrogens (tertiary/aromatic N) is 1. The zero-order chi connectivity index (χ0) is 17.0. The minimum absolute atomic E-state index is 0.127. The zero-order valence-corrected chi connectivity index (χ0v) is 12.6. The molecule has 0 spiro atoms. The Kier molecular flexibility index (Phi) is 4.58. The topological polar surface area (TPSA) is 126 Å². The number of ether oxygens (including phenoxy) is 1. The van der Waals surface area contributed by atoms with Gasteiger partial charge >= 0.3 is 12.1 Å². The molecule has 0 bridgehead atoms. The second kappa shape index (κ2) is 6.42. The van der Waals surface area contributed by atoms with E-state index in [0.717, 1.165) is 0 Å². The van der Waals surface area contributed by atoms with Crippen LogP contribution in [0.3, 0.4) is 0 Å². The molecule has 0 saturated carbocycles. The van der Waals surface area contributed by atoms with Crippen molar-refractivity contribution < 1.29 is 23.9 Å². The summed E-state index contributed by atoms with van der Waals surface area (Å²) in [6.07, 6.45) is 2.14. The first-order valence-electron chi connectivity index (χ1n) is 6.89. The highest BCUT2D eigenvalue weighted by molar-refractivity contribution is 6.19. The second-order valence-electron chi connectivity index (χ2n) is 5.02. The Balaban J connectivity index is 2.43. The Hall–Kier alpha value is -2.97. The van der Waals surface area contributed by atoms with Crippen molar-refractivity contribution in [3.05, 3.63) is 30.1 Å². The largest absolute Gasteiger partial charge is 0.450 e. The highest BCUT2D eigenvalue weighted by atomic mass is 16.5. The lowest BCUT2D eigenvalue weighted by molar-refractivity contribution is -0.145. The molecular weight excluding hydrogens is 304 g/mol. The summed E-state index contributed by atoms with van der Waals surface area (Å²) in [5.74, 6) is -1.63. The van der Waals surface area contributed by atoms with Crippen LogP contribution in [0.5, 0.6) is 0 Å². The van der Waals surface area contributed by atoms with Crippen molar-refractivity contribution >= 4 is 23.9 Å². The van der Waals surface area contributed by atoms with Crippen molar-refractivity contribution in [1.29, 1.82) is 0 Å². The van der Waals surface area contributed by atoms with Crippen LogP contribution in [0, 0.1) is 5.41 Å². The number of hydrogen-bond acceptors (Lipinski definition) is 6. The van der Waals surface area contributed by atoms with Crippen LogP contribution in [0.25, 0.3) is 0 Å². The fraction of sp³-hybridized carbons (Fsp3) is 0.357. The average molecular weight is 320 g/mol. The minimum Gasteiger partial charge on any atom is -0.450 e. The van der Waals surface area contributed by atoms with Gasteiger partial charge in [-0.3, -0.25) is 25.2 Å². The second-order valence-corrected chi connectivity index (χ2v) is 5.02. The summed E-state index contributed by atoms with van der Waals surface area (Å²) in [6.45, 7) is 3.09. The molecule has 9 heteroatoms. The Morgan fingerprint density at radius 3 is 2.35 bits per heavy atom. The molecule has 0 aliphatic carbocycles. The van der Waals surface area contributed by atoms with Gasteiger partial charge in [0.25, 0.3) is 0 Å². The molecule has 0 radical (unpaired) electrons. The lowest BCUT2D eigenvalue weighted by atomic mass is 9.76. The minimum atomic E-state index is -1.73. The normalized spacial score (nSPS) is 17.7. The van der Waals surface area contributed by atoms with Crippen LogP contribution in [-0.4, -0.2) is 35.5 Å². The van der Waals surface area contributed by atoms with Crippen LogP contribution in [-0.2, 0) is 14.3 Å². The molecule has 5 amide bonds. The highest BCUT2D eigenvalue weighted by Crippen LogP contribution is 2.35. The van der Waals surface area contributed by atoms with Gasteiger partial charge in [0.1, 0.15) is 5.41 Å². The van der Waals surface area contributed by atoms with E-state index in [1.165, 1.54) is 19.3 Å². The van der Waals surface area contributed by atoms with Gasteiger partial charge in [-0.15, -0.1) is 0 Å². The fourth-order valence-electron chi connectivity index (χ4n) is 2.27. The number of nitrogens with one attached hydrogen (secondary N) is 3. The molecule has 9 nitrogen and oxygen atoms in total. The molecule has 1 unspecified atom stereocenters. The molecular formula is C14H16N4O5. The van der Waals surface area contributed by atoms with Crippen LogP contribution in [0.1, 0.15) is 25.5 Å². The van der Waals surface area contributed by atoms with Crippen LogP contribution < -0.4 is 16.0 Å². The molecule has 1 atom stereocenters. The third-order valence-corrected chi connectivity index (χ3v) is 3.55. The number of amides is 5. The summed E-state index contributed by atoms with van der Waals surface area (Å²) in [6, 6.07) is 1.16. The predicted octanol–water partition coefficient (Wildman–Crippen LogP) is 0.241. The SMILES string of the molecule is CCOC(=O)NC(c1ccncc1)C1(C)C(=O)NC(=O)NC1=O. The Labute approximate surface area is 131 Å². The van der Waals surface area contributed by atoms with E-state index in [-0.39, 0.29) is 6.61 Å². The molecule has 1 fully saturated rings. The predicted molar refractivity (Wildman–Crippen MR) is 76.9 cm³/mol. The van der Waals surface area contributed by atoms with Gasteiger partial charge in [-0.25, -0.2) is 9.59 Å². The van der Waals surface area contributed by atoms with Crippen molar-refractivity contribution in [3.63, 3.8) is 0 Å². The number of pyridine rings is 1. The van der Waals surface area contributed by atoms with Crippen LogP contribution >= 0.6 is 0 Å². The number of carbonyl (C=O) groups excluding carboxylic acids is 4. The number of barbiturate groups is 1. The van der Waals surface area contributed by atoms with Crippen LogP contribution in [0.15, 0.2) is 24.5 Å². The van der Waals surface area contributed by atoms with Gasteiger partial charge in [0.05, 0.1) is 12.6 Å². The van der Waals surface area contributed by atoms with E-state index in [4.69, 9.17) is 4.74 Å². The van der Waals surface area contributed by atoms with Gasteiger partial charge in [-0.2, -0.15) is 0 Å². The summed E-state index contributed by atoms with van der Waals surface area (Å²) in [7, 11) is 0. The number of hydrogen-bond donors (Lipinski definition) is 3. The van der Waals surface area contributed by atoms with Crippen molar-refractivity contribution in [2.75, 3.05) is 6.61 Å². The number of alkyl carbamates (subject to hydrolysis) is 1. The molecule has 2 rings (SSSR count). The highest BCUT2D eigenvalue weighted by Gasteiger charge is 2.53. The summed E-state index contributed by atoms with van der Waals surface area (Å²) >= 11 is 0. The summed E-state index contributed by atoms with van der Waals surface area (Å²) in [5, 5.41) is 6.57. The molecule has 122 valence electrons. The van der Waals surface area contributed by atoms with Gasteiger partial charge in [0, 0.05) is 12.4 Å². The van der Waals surface area contributed by atoms with Crippen molar-refractivity contribution in [2.24, 2.45) is 5.41 Å². The van der Waals surface area contributed by atoms with Crippen LogP contribution in [0.4, 0.5) is 9.59 Å². The van der Waals surface area contributed by atoms with Gasteiger partial charge in [-0.1, -0.05) is 0 Å². The van der Waals surface area contributed by atoms with Crippen molar-refractivity contribution in [1.82, 2.24) is 20.9 Å². The molecule has 1 aromatic rings. The lowest BCUT2D eigenvalue weighted by Gasteiger charge is -2.37. The van der Waals surface area contributed by atoms with Crippen molar-refractivity contribution in [3.8, 4) is 0 Å². The molecule has 0 aromatic carbocycles. The average Bonchev–Trinajstić information content (AvgIpc) is 2.51. The molecule has 3 N–H and O–H groups in total. The molecule has 2 heterocycles. The van der Waals surface area contributed by atoms with Gasteiger partial charge in [-0.05, 0) is 31.5 Å². The van der Waals surface area contributed by atoms with E-state index in [9.17, 15) is 19.2 Å². The number of imide groups is 2. The fourth-order valence-corrected chi connectivity index (χ4v) is 2.27. The Morgan fingerprint density at radius 1 is 1.26 bits per heavy atom. The maximum atomic E-state index is 12.3. The summed E-state index contributed by atoms with van der Waals surface area (Å²) in [4.78, 5) is 51.5. The molecule has 1 aliphatic rings. The molecule has 1 saturated heterocycles. The first-order valence-corrected chi connectivity index (χ1v) is 6.89. The number of aromatic nitrogens is 1. The Bertz CT molecular complexity index is 626. The molecule has 1 aromatic heterocycles. The first kappa shape index (κ1) is 16.4. The van der Waals surface area contributed by atoms with E-state index in [0.29, 0.717) is 5.56 Å². The molecule has 23 heavy (non-hydrogen) atoms. The van der Waals surface area contributed by atoms with Crippen molar-refractivity contribution in [2.45, 2.75) is 19.9 Å². The van der Waals surface area contributed by atoms with E-state index in [1.807, 2.05) is 10.6 Å². The maximum Gasteiger partial charge on any atom is 0.407 e. The van der Waals surface area contributed by atoms with Gasteiger partial charge in [0.15, 0.2) is 0 Å². The maximum absolute atomic E-state index is 12.3. The number of carbonyl (C=O) groups is 4. The van der Waals surface area contributed by atoms with E-state index >= 15 is 0 Å². The first-order chi connectivity index (χ1) is 10.9. The standard InChI is InChI=1S/C14H16N4O5/c1-3-23-13(22)16-9(8-4-6-15-7-5-8)14(2)10(19)17-12(21)18-11(14)20/h4-7,9H,3H2,1-2H3,(H,16,22)(H2,17,18,19,20,21). The van der Waals surface area contributed by atoms with Gasteiger partial charge in [0.2, 0.25) is 11.8 Å². The van der Waals surface area contributed by atoms with Crippen LogP contribution in [0.2, 0.25) is 0 Å². The van der Waals surface area contributed by atoms with E-state index < -0.39 is 35.4 Å². The summed E-state index contributed by atoms with van der Waals surface area (Å²) < 4.78 is 4.83.